The van der Waals surface area contributed by atoms with Crippen molar-refractivity contribution in [3.63, 3.8) is 0 Å². The second-order valence-corrected chi connectivity index (χ2v) is 12.7. The molecule has 4 aliphatic rings. The van der Waals surface area contributed by atoms with Crippen LogP contribution in [0, 0.1) is 28.6 Å². The van der Waals surface area contributed by atoms with Gasteiger partial charge in [0, 0.05) is 24.7 Å². The van der Waals surface area contributed by atoms with E-state index in [0.29, 0.717) is 24.2 Å². The number of rotatable bonds is 8. The predicted octanol–water partition coefficient (Wildman–Crippen LogP) is 5.02. The standard InChI is InChI=1S/C32H41NO6/c1-31-16-14-22(34)19-21(31)8-9-23-24-10-11-27(32(24,2)17-15-25(23)31)39-29(36)13-12-28(35)33-26(30(37)38)18-20-6-4-3-5-7-20/h3-7,19,23-27H,8-18H2,1-2H3,(H,33,35)(H,37,38)/t23-,24-,25-,26-,27-,31+,32+/m1/s1. The quantitative estimate of drug-likeness (QED) is 0.452. The molecule has 210 valence electrons. The normalized spacial score (nSPS) is 34.1. The molecule has 4 aliphatic carbocycles. The molecule has 0 heterocycles. The summed E-state index contributed by atoms with van der Waals surface area (Å²) in [7, 11) is 0. The zero-order valence-electron chi connectivity index (χ0n) is 23.1. The summed E-state index contributed by atoms with van der Waals surface area (Å²) >= 11 is 0. The second kappa shape index (κ2) is 10.9. The summed E-state index contributed by atoms with van der Waals surface area (Å²) in [5, 5.41) is 12.1. The number of esters is 1. The first kappa shape index (κ1) is 27.6. The maximum Gasteiger partial charge on any atom is 0.326 e. The lowest BCUT2D eigenvalue weighted by molar-refractivity contribution is -0.160. The highest BCUT2D eigenvalue weighted by Gasteiger charge is 2.59. The van der Waals surface area contributed by atoms with Crippen molar-refractivity contribution in [1.82, 2.24) is 5.32 Å². The Labute approximate surface area is 230 Å². The molecule has 0 bridgehead atoms. The third-order valence-corrected chi connectivity index (χ3v) is 10.6. The van der Waals surface area contributed by atoms with Crippen molar-refractivity contribution in [3.8, 4) is 0 Å². The molecule has 7 nitrogen and oxygen atoms in total. The van der Waals surface area contributed by atoms with E-state index in [2.05, 4.69) is 19.2 Å². The first-order valence-electron chi connectivity index (χ1n) is 14.6. The van der Waals surface area contributed by atoms with Crippen molar-refractivity contribution in [2.45, 2.75) is 96.6 Å². The first-order chi connectivity index (χ1) is 18.6. The Hall–Kier alpha value is -2.96. The predicted molar refractivity (Wildman–Crippen MR) is 146 cm³/mol. The molecule has 5 rings (SSSR count). The van der Waals surface area contributed by atoms with Gasteiger partial charge in [0.2, 0.25) is 5.91 Å². The minimum atomic E-state index is -1.10. The van der Waals surface area contributed by atoms with Crippen LogP contribution >= 0.6 is 0 Å². The molecule has 0 radical (unpaired) electrons. The number of amides is 1. The molecule has 0 unspecified atom stereocenters. The number of fused-ring (bicyclic) bond motifs is 5. The molecule has 1 aromatic carbocycles. The fourth-order valence-electron chi connectivity index (χ4n) is 8.45. The van der Waals surface area contributed by atoms with Gasteiger partial charge >= 0.3 is 11.9 Å². The summed E-state index contributed by atoms with van der Waals surface area (Å²) in [6.07, 6.45) is 9.51. The Bertz CT molecular complexity index is 1160. The van der Waals surface area contributed by atoms with Crippen LogP contribution in [0.4, 0.5) is 0 Å². The molecule has 0 aliphatic heterocycles. The van der Waals surface area contributed by atoms with Crippen LogP contribution in [0.3, 0.4) is 0 Å². The van der Waals surface area contributed by atoms with Crippen molar-refractivity contribution in [2.24, 2.45) is 28.6 Å². The number of nitrogens with one attached hydrogen (secondary N) is 1. The highest BCUT2D eigenvalue weighted by Crippen LogP contribution is 2.65. The lowest BCUT2D eigenvalue weighted by Gasteiger charge is -2.57. The Balaban J connectivity index is 1.15. The number of aliphatic carboxylic acids is 1. The van der Waals surface area contributed by atoms with E-state index in [1.165, 1.54) is 5.57 Å². The van der Waals surface area contributed by atoms with Gasteiger partial charge in [-0.25, -0.2) is 4.79 Å². The molecule has 1 aromatic rings. The van der Waals surface area contributed by atoms with E-state index < -0.39 is 17.9 Å². The first-order valence-corrected chi connectivity index (χ1v) is 14.6. The molecule has 39 heavy (non-hydrogen) atoms. The number of carbonyl (C=O) groups is 4. The third-order valence-electron chi connectivity index (χ3n) is 10.6. The smallest absolute Gasteiger partial charge is 0.326 e. The van der Waals surface area contributed by atoms with Crippen LogP contribution in [-0.2, 0) is 30.3 Å². The van der Waals surface area contributed by atoms with Gasteiger partial charge in [-0.1, -0.05) is 49.8 Å². The summed E-state index contributed by atoms with van der Waals surface area (Å²) in [4.78, 5) is 49.1. The molecule has 0 saturated heterocycles. The fraction of sp³-hybridized carbons (Fsp3) is 0.625. The zero-order valence-corrected chi connectivity index (χ0v) is 23.1. The number of hydrogen-bond donors (Lipinski definition) is 2. The fourth-order valence-corrected chi connectivity index (χ4v) is 8.45. The van der Waals surface area contributed by atoms with Gasteiger partial charge in [0.1, 0.15) is 12.1 Å². The van der Waals surface area contributed by atoms with Gasteiger partial charge in [0.25, 0.3) is 0 Å². The van der Waals surface area contributed by atoms with Crippen LogP contribution in [0.15, 0.2) is 42.0 Å². The third kappa shape index (κ3) is 5.42. The maximum atomic E-state index is 12.8. The molecular weight excluding hydrogens is 494 g/mol. The number of ether oxygens (including phenoxy) is 1. The van der Waals surface area contributed by atoms with E-state index in [4.69, 9.17) is 4.74 Å². The van der Waals surface area contributed by atoms with E-state index >= 15 is 0 Å². The summed E-state index contributed by atoms with van der Waals surface area (Å²) < 4.78 is 6.02. The van der Waals surface area contributed by atoms with Crippen LogP contribution in [0.2, 0.25) is 0 Å². The minimum Gasteiger partial charge on any atom is -0.480 e. The molecule has 3 saturated carbocycles. The Morgan fingerprint density at radius 1 is 1.00 bits per heavy atom. The lowest BCUT2D eigenvalue weighted by atomic mass is 9.47. The van der Waals surface area contributed by atoms with E-state index in [9.17, 15) is 24.3 Å². The van der Waals surface area contributed by atoms with E-state index in [0.717, 1.165) is 50.5 Å². The van der Waals surface area contributed by atoms with Gasteiger partial charge in [-0.3, -0.25) is 14.4 Å². The van der Waals surface area contributed by atoms with Crippen LogP contribution in [0.25, 0.3) is 0 Å². The van der Waals surface area contributed by atoms with Crippen molar-refractivity contribution in [3.05, 3.63) is 47.5 Å². The van der Waals surface area contributed by atoms with E-state index in [-0.39, 0.29) is 47.9 Å². The molecule has 7 atom stereocenters. The Morgan fingerprint density at radius 2 is 1.77 bits per heavy atom. The van der Waals surface area contributed by atoms with Crippen molar-refractivity contribution < 1.29 is 29.0 Å². The van der Waals surface area contributed by atoms with E-state index in [1.54, 1.807) is 0 Å². The summed E-state index contributed by atoms with van der Waals surface area (Å²) in [6, 6.07) is 8.10. The van der Waals surface area contributed by atoms with Gasteiger partial charge in [-0.05, 0) is 79.8 Å². The lowest BCUT2D eigenvalue weighted by Crippen LogP contribution is -2.51. The molecule has 1 amide bonds. The zero-order chi connectivity index (χ0) is 27.8. The van der Waals surface area contributed by atoms with Crippen molar-refractivity contribution in [1.29, 1.82) is 0 Å². The van der Waals surface area contributed by atoms with Gasteiger partial charge < -0.3 is 15.2 Å². The number of carbonyl (C=O) groups excluding carboxylic acids is 3. The topological polar surface area (TPSA) is 110 Å². The molecule has 3 fully saturated rings. The number of benzene rings is 1. The molecule has 0 aromatic heterocycles. The van der Waals surface area contributed by atoms with Gasteiger partial charge in [-0.15, -0.1) is 0 Å². The van der Waals surface area contributed by atoms with E-state index in [1.807, 2.05) is 36.4 Å². The number of allylic oxidation sites excluding steroid dienone is 1. The Kier molecular flexibility index (Phi) is 7.71. The summed E-state index contributed by atoms with van der Waals surface area (Å²) in [6.45, 7) is 4.65. The molecular formula is C32H41NO6. The van der Waals surface area contributed by atoms with Gasteiger partial charge in [0.05, 0.1) is 6.42 Å². The number of carboxylic acid groups (broad SMARTS) is 1. The van der Waals surface area contributed by atoms with Gasteiger partial charge in [0.15, 0.2) is 5.78 Å². The SMILES string of the molecule is C[C@]12CC[C@@H]3[C@H](CCC4=CC(=O)CC[C@@]43C)[C@H]1CC[C@H]2OC(=O)CCC(=O)N[C@H](Cc1ccccc1)C(=O)O. The summed E-state index contributed by atoms with van der Waals surface area (Å²) in [5.74, 6) is -0.00180. The largest absolute Gasteiger partial charge is 0.480 e. The highest BCUT2D eigenvalue weighted by atomic mass is 16.5. The van der Waals surface area contributed by atoms with Crippen LogP contribution in [0.1, 0.15) is 83.6 Å². The van der Waals surface area contributed by atoms with Crippen LogP contribution in [0.5, 0.6) is 0 Å². The highest BCUT2D eigenvalue weighted by molar-refractivity contribution is 5.91. The second-order valence-electron chi connectivity index (χ2n) is 12.7. The maximum absolute atomic E-state index is 12.8. The molecule has 7 heteroatoms. The average molecular weight is 536 g/mol. The monoisotopic (exact) mass is 535 g/mol. The summed E-state index contributed by atoms with van der Waals surface area (Å²) in [5.41, 5.74) is 2.23. The van der Waals surface area contributed by atoms with Crippen LogP contribution < -0.4 is 5.32 Å². The molecule has 0 spiro atoms. The van der Waals surface area contributed by atoms with Gasteiger partial charge in [-0.2, -0.15) is 0 Å². The number of carboxylic acids is 1. The number of ketones is 1. The minimum absolute atomic E-state index is 0.0624. The molecule has 2 N–H and O–H groups in total. The van der Waals surface area contributed by atoms with Crippen molar-refractivity contribution >= 4 is 23.6 Å². The average Bonchev–Trinajstić information content (AvgIpc) is 3.24. The number of hydrogen-bond acceptors (Lipinski definition) is 5. The van der Waals surface area contributed by atoms with Crippen molar-refractivity contribution in [2.75, 3.05) is 0 Å². The van der Waals surface area contributed by atoms with Crippen LogP contribution in [-0.4, -0.2) is 40.9 Å². The Morgan fingerprint density at radius 3 is 2.51 bits per heavy atom.